The first-order valence-electron chi connectivity index (χ1n) is 6.17. The van der Waals surface area contributed by atoms with Crippen molar-refractivity contribution in [1.29, 1.82) is 0 Å². The molecule has 4 heteroatoms. The minimum Gasteiger partial charge on any atom is -0.496 e. The van der Waals surface area contributed by atoms with E-state index in [1.807, 2.05) is 30.3 Å². The number of Topliss-reactive ketones (excluding diaryl/α,β-unsaturated/α-hetero) is 1. The zero-order valence-corrected chi connectivity index (χ0v) is 11.4. The summed E-state index contributed by atoms with van der Waals surface area (Å²) in [7, 11) is 1.39. The van der Waals surface area contributed by atoms with Gasteiger partial charge in [0.2, 0.25) is 0 Å². The first-order chi connectivity index (χ1) is 9.61. The molecule has 0 aliphatic heterocycles. The molecular weight excluding hydrogens is 259 g/mol. The number of ketones is 1. The van der Waals surface area contributed by atoms with Crippen LogP contribution in [0.4, 0.5) is 4.39 Å². The highest BCUT2D eigenvalue weighted by atomic mass is 19.1. The maximum atomic E-state index is 13.9. The summed E-state index contributed by atoms with van der Waals surface area (Å²) in [6.07, 6.45) is 0. The predicted octanol–water partition coefficient (Wildman–Crippen LogP) is 3.62. The van der Waals surface area contributed by atoms with Crippen molar-refractivity contribution in [3.63, 3.8) is 0 Å². The van der Waals surface area contributed by atoms with Crippen LogP contribution in [0.15, 0.2) is 42.5 Å². The molecule has 0 radical (unpaired) electrons. The summed E-state index contributed by atoms with van der Waals surface area (Å²) in [5.41, 5.74) is 0.919. The molecule has 0 heterocycles. The second-order valence-corrected chi connectivity index (χ2v) is 4.31. The lowest BCUT2D eigenvalue weighted by Crippen LogP contribution is -2.03. The molecule has 2 aromatic rings. The Bertz CT molecular complexity index is 609. The lowest BCUT2D eigenvalue weighted by molar-refractivity contribution is 0.101. The molecule has 3 nitrogen and oxygen atoms in total. The number of methoxy groups -OCH3 is 1. The van der Waals surface area contributed by atoms with Crippen molar-refractivity contribution < 1.29 is 18.7 Å². The average Bonchev–Trinajstić information content (AvgIpc) is 2.45. The standard InChI is InChI=1S/C16H15FO3/c1-11(18)16-14(17)8-13(9-15(16)19-2)20-10-12-6-4-3-5-7-12/h3-9H,10H2,1-2H3. The number of hydrogen-bond acceptors (Lipinski definition) is 3. The summed E-state index contributed by atoms with van der Waals surface area (Å²) in [6, 6.07) is 12.3. The Labute approximate surface area is 117 Å². The summed E-state index contributed by atoms with van der Waals surface area (Å²) >= 11 is 0. The maximum absolute atomic E-state index is 13.9. The van der Waals surface area contributed by atoms with Crippen molar-refractivity contribution in [2.75, 3.05) is 7.11 Å². The van der Waals surface area contributed by atoms with Crippen LogP contribution in [0, 0.1) is 5.82 Å². The molecule has 0 aliphatic carbocycles. The molecule has 0 N–H and O–H groups in total. The molecule has 0 amide bonds. The first kappa shape index (κ1) is 14.1. The van der Waals surface area contributed by atoms with Crippen molar-refractivity contribution in [1.82, 2.24) is 0 Å². The molecular formula is C16H15FO3. The summed E-state index contributed by atoms with van der Waals surface area (Å²) in [4.78, 5) is 11.4. The Balaban J connectivity index is 2.21. The molecule has 0 spiro atoms. The summed E-state index contributed by atoms with van der Waals surface area (Å²) in [6.45, 7) is 1.62. The molecule has 0 fully saturated rings. The lowest BCUT2D eigenvalue weighted by atomic mass is 10.1. The Kier molecular flexibility index (Phi) is 4.35. The molecule has 0 atom stereocenters. The molecule has 2 aromatic carbocycles. The van der Waals surface area contributed by atoms with Gasteiger partial charge in [-0.2, -0.15) is 0 Å². The molecule has 0 aliphatic rings. The van der Waals surface area contributed by atoms with Crippen LogP contribution in [0.1, 0.15) is 22.8 Å². The van der Waals surface area contributed by atoms with Crippen LogP contribution in [0.3, 0.4) is 0 Å². The Morgan fingerprint density at radius 1 is 1.20 bits per heavy atom. The number of carbonyl (C=O) groups is 1. The van der Waals surface area contributed by atoms with Crippen LogP contribution < -0.4 is 9.47 Å². The molecule has 0 bridgehead atoms. The normalized spacial score (nSPS) is 10.2. The minimum absolute atomic E-state index is 0.0560. The molecule has 0 aromatic heterocycles. The predicted molar refractivity (Wildman–Crippen MR) is 73.7 cm³/mol. The third-order valence-corrected chi connectivity index (χ3v) is 2.85. The largest absolute Gasteiger partial charge is 0.496 e. The fraction of sp³-hybridized carbons (Fsp3) is 0.188. The Morgan fingerprint density at radius 3 is 2.50 bits per heavy atom. The highest BCUT2D eigenvalue weighted by Gasteiger charge is 2.16. The number of rotatable bonds is 5. The van der Waals surface area contributed by atoms with Gasteiger partial charge in [0.25, 0.3) is 0 Å². The van der Waals surface area contributed by atoms with E-state index in [0.717, 1.165) is 5.56 Å². The van der Waals surface area contributed by atoms with Crippen LogP contribution in [-0.4, -0.2) is 12.9 Å². The number of hydrogen-bond donors (Lipinski definition) is 0. The van der Waals surface area contributed by atoms with Crippen LogP contribution in [0.5, 0.6) is 11.5 Å². The zero-order valence-electron chi connectivity index (χ0n) is 11.4. The number of ether oxygens (including phenoxy) is 2. The Morgan fingerprint density at radius 2 is 1.90 bits per heavy atom. The fourth-order valence-corrected chi connectivity index (χ4v) is 1.88. The van der Waals surface area contributed by atoms with E-state index >= 15 is 0 Å². The summed E-state index contributed by atoms with van der Waals surface area (Å²) < 4.78 is 24.5. The van der Waals surface area contributed by atoms with Gasteiger partial charge in [-0.3, -0.25) is 4.79 Å². The molecule has 104 valence electrons. The van der Waals surface area contributed by atoms with E-state index in [9.17, 15) is 9.18 Å². The van der Waals surface area contributed by atoms with Crippen molar-refractivity contribution >= 4 is 5.78 Å². The molecule has 2 rings (SSSR count). The fourth-order valence-electron chi connectivity index (χ4n) is 1.88. The van der Waals surface area contributed by atoms with E-state index in [1.165, 1.54) is 26.2 Å². The van der Waals surface area contributed by atoms with Crippen molar-refractivity contribution in [3.8, 4) is 11.5 Å². The van der Waals surface area contributed by atoms with Crippen LogP contribution in [-0.2, 0) is 6.61 Å². The van der Waals surface area contributed by atoms with Gasteiger partial charge >= 0.3 is 0 Å². The number of halogens is 1. The van der Waals surface area contributed by atoms with Gasteiger partial charge < -0.3 is 9.47 Å². The van der Waals surface area contributed by atoms with Gasteiger partial charge in [-0.25, -0.2) is 4.39 Å². The second kappa shape index (κ2) is 6.19. The van der Waals surface area contributed by atoms with Gasteiger partial charge in [0.05, 0.1) is 12.7 Å². The first-order valence-corrected chi connectivity index (χ1v) is 6.17. The Hall–Kier alpha value is -2.36. The van der Waals surface area contributed by atoms with E-state index in [-0.39, 0.29) is 17.1 Å². The third kappa shape index (κ3) is 3.15. The van der Waals surface area contributed by atoms with Crippen molar-refractivity contribution in [2.45, 2.75) is 13.5 Å². The van der Waals surface area contributed by atoms with Crippen molar-refractivity contribution in [2.24, 2.45) is 0 Å². The highest BCUT2D eigenvalue weighted by molar-refractivity contribution is 5.97. The number of carbonyl (C=O) groups excluding carboxylic acids is 1. The van der Waals surface area contributed by atoms with Crippen LogP contribution in [0.2, 0.25) is 0 Å². The molecule has 20 heavy (non-hydrogen) atoms. The average molecular weight is 274 g/mol. The summed E-state index contributed by atoms with van der Waals surface area (Å²) in [5, 5.41) is 0. The van der Waals surface area contributed by atoms with E-state index in [2.05, 4.69) is 0 Å². The molecule has 0 saturated heterocycles. The van der Waals surface area contributed by atoms with Gasteiger partial charge in [0.1, 0.15) is 23.9 Å². The topological polar surface area (TPSA) is 35.5 Å². The zero-order chi connectivity index (χ0) is 14.5. The van der Waals surface area contributed by atoms with Crippen LogP contribution in [0.25, 0.3) is 0 Å². The summed E-state index contributed by atoms with van der Waals surface area (Å²) in [5.74, 6) is -0.511. The van der Waals surface area contributed by atoms with Gasteiger partial charge in [-0.15, -0.1) is 0 Å². The molecule has 0 saturated carbocycles. The third-order valence-electron chi connectivity index (χ3n) is 2.85. The van der Waals surface area contributed by atoms with E-state index < -0.39 is 5.82 Å². The second-order valence-electron chi connectivity index (χ2n) is 4.31. The quantitative estimate of drug-likeness (QED) is 0.781. The lowest BCUT2D eigenvalue weighted by Gasteiger charge is -2.11. The van der Waals surface area contributed by atoms with E-state index in [1.54, 1.807) is 0 Å². The smallest absolute Gasteiger partial charge is 0.166 e. The van der Waals surface area contributed by atoms with Crippen LogP contribution >= 0.6 is 0 Å². The monoisotopic (exact) mass is 274 g/mol. The SMILES string of the molecule is COc1cc(OCc2ccccc2)cc(F)c1C(C)=O. The van der Waals surface area contributed by atoms with Gasteiger partial charge in [0, 0.05) is 12.1 Å². The maximum Gasteiger partial charge on any atom is 0.166 e. The highest BCUT2D eigenvalue weighted by Crippen LogP contribution is 2.28. The van der Waals surface area contributed by atoms with Gasteiger partial charge in [-0.05, 0) is 12.5 Å². The molecule has 0 unspecified atom stereocenters. The van der Waals surface area contributed by atoms with Crippen molar-refractivity contribution in [3.05, 3.63) is 59.4 Å². The van der Waals surface area contributed by atoms with Gasteiger partial charge in [0.15, 0.2) is 5.78 Å². The van der Waals surface area contributed by atoms with Gasteiger partial charge in [-0.1, -0.05) is 30.3 Å². The van der Waals surface area contributed by atoms with E-state index in [4.69, 9.17) is 9.47 Å². The van der Waals surface area contributed by atoms with E-state index in [0.29, 0.717) is 12.4 Å². The number of benzene rings is 2. The minimum atomic E-state index is -0.639.